The molecule has 1 atom stereocenters. The van der Waals surface area contributed by atoms with E-state index in [1.165, 1.54) is 0 Å². The minimum absolute atomic E-state index is 0.0881. The van der Waals surface area contributed by atoms with Crippen LogP contribution in [-0.2, 0) is 11.3 Å². The first-order valence-electron chi connectivity index (χ1n) is 8.89. The van der Waals surface area contributed by atoms with Crippen molar-refractivity contribution in [3.05, 3.63) is 46.6 Å². The Bertz CT molecular complexity index is 760. The van der Waals surface area contributed by atoms with Crippen LogP contribution in [0.15, 0.2) is 30.5 Å². The minimum atomic E-state index is -0.0881. The largest absolute Gasteiger partial charge is 0.384 e. The molecule has 0 aliphatic carbocycles. The van der Waals surface area contributed by atoms with Gasteiger partial charge in [-0.3, -0.25) is 5.32 Å². The number of halogens is 1. The topological polar surface area (TPSA) is 59.4 Å². The fraction of sp³-hybridized carbons (Fsp3) is 0.474. The van der Waals surface area contributed by atoms with E-state index in [4.69, 9.17) is 16.3 Å². The number of nitrogens with zero attached hydrogens (tertiary/aromatic N) is 3. The van der Waals surface area contributed by atoms with Gasteiger partial charge in [-0.05, 0) is 31.4 Å². The molecule has 1 unspecified atom stereocenters. The molecule has 1 aromatic carbocycles. The summed E-state index contributed by atoms with van der Waals surface area (Å²) in [5.41, 5.74) is 1.89. The van der Waals surface area contributed by atoms with Gasteiger partial charge in [0.05, 0.1) is 19.3 Å². The van der Waals surface area contributed by atoms with Gasteiger partial charge in [-0.1, -0.05) is 29.8 Å². The molecule has 1 aromatic heterocycles. The summed E-state index contributed by atoms with van der Waals surface area (Å²) in [5, 5.41) is 8.13. The maximum atomic E-state index is 12.7. The summed E-state index contributed by atoms with van der Waals surface area (Å²) in [6.45, 7) is 4.62. The number of urea groups is 1. The number of hydrogen-bond acceptors (Lipinski definition) is 3. The van der Waals surface area contributed by atoms with Crippen LogP contribution in [0, 0.1) is 12.8 Å². The van der Waals surface area contributed by atoms with Crippen molar-refractivity contribution in [3.8, 4) is 0 Å². The van der Waals surface area contributed by atoms with E-state index in [1.807, 2.05) is 36.1 Å². The maximum absolute atomic E-state index is 12.7. The number of methoxy groups -OCH3 is 1. The zero-order valence-corrected chi connectivity index (χ0v) is 16.0. The molecule has 0 spiro atoms. The van der Waals surface area contributed by atoms with Crippen molar-refractivity contribution in [3.63, 3.8) is 0 Å². The molecule has 7 heteroatoms. The Hall–Kier alpha value is -2.05. The highest BCUT2D eigenvalue weighted by atomic mass is 35.5. The number of ether oxygens (including phenoxy) is 1. The fourth-order valence-corrected chi connectivity index (χ4v) is 3.55. The summed E-state index contributed by atoms with van der Waals surface area (Å²) in [6, 6.07) is 7.57. The minimum Gasteiger partial charge on any atom is -0.384 e. The van der Waals surface area contributed by atoms with Crippen molar-refractivity contribution in [2.75, 3.05) is 32.1 Å². The SMILES string of the molecule is COCC1CCCN(C(=O)Nc2c(C)cnn2Cc2ccccc2Cl)C1. The van der Waals surface area contributed by atoms with Crippen molar-refractivity contribution >= 4 is 23.4 Å². The van der Waals surface area contributed by atoms with E-state index >= 15 is 0 Å². The molecule has 2 heterocycles. The molecule has 1 aliphatic heterocycles. The molecule has 0 bridgehead atoms. The van der Waals surface area contributed by atoms with Gasteiger partial charge >= 0.3 is 6.03 Å². The van der Waals surface area contributed by atoms with Gasteiger partial charge in [0.25, 0.3) is 0 Å². The number of hydrogen-bond donors (Lipinski definition) is 1. The number of nitrogens with one attached hydrogen (secondary N) is 1. The number of aryl methyl sites for hydroxylation is 1. The summed E-state index contributed by atoms with van der Waals surface area (Å²) < 4.78 is 7.03. The number of aromatic nitrogens is 2. The molecule has 0 saturated carbocycles. The van der Waals surface area contributed by atoms with Gasteiger partial charge < -0.3 is 9.64 Å². The van der Waals surface area contributed by atoms with Crippen LogP contribution in [-0.4, -0.2) is 47.5 Å². The molecule has 140 valence electrons. The van der Waals surface area contributed by atoms with Crippen LogP contribution in [0.2, 0.25) is 5.02 Å². The van der Waals surface area contributed by atoms with Gasteiger partial charge in [-0.2, -0.15) is 5.10 Å². The lowest BCUT2D eigenvalue weighted by atomic mass is 9.99. The Morgan fingerprint density at radius 1 is 1.42 bits per heavy atom. The molecule has 1 aliphatic rings. The zero-order valence-electron chi connectivity index (χ0n) is 15.2. The first-order chi connectivity index (χ1) is 12.6. The fourth-order valence-electron chi connectivity index (χ4n) is 3.35. The van der Waals surface area contributed by atoms with Crippen molar-refractivity contribution in [2.24, 2.45) is 5.92 Å². The molecule has 0 radical (unpaired) electrons. The second-order valence-electron chi connectivity index (χ2n) is 6.77. The van der Waals surface area contributed by atoms with Crippen LogP contribution < -0.4 is 5.32 Å². The number of piperidine rings is 1. The molecule has 26 heavy (non-hydrogen) atoms. The first-order valence-corrected chi connectivity index (χ1v) is 9.27. The van der Waals surface area contributed by atoms with E-state index in [-0.39, 0.29) is 6.03 Å². The van der Waals surface area contributed by atoms with Gasteiger partial charge in [0.2, 0.25) is 0 Å². The van der Waals surface area contributed by atoms with E-state index in [9.17, 15) is 4.79 Å². The molecule has 1 fully saturated rings. The molecule has 2 amide bonds. The van der Waals surface area contributed by atoms with Crippen LogP contribution in [0.3, 0.4) is 0 Å². The van der Waals surface area contributed by atoms with Crippen molar-refractivity contribution in [2.45, 2.75) is 26.3 Å². The van der Waals surface area contributed by atoms with E-state index < -0.39 is 0 Å². The predicted molar refractivity (Wildman–Crippen MR) is 103 cm³/mol. The lowest BCUT2D eigenvalue weighted by molar-refractivity contribution is 0.104. The Kier molecular flexibility index (Phi) is 6.16. The van der Waals surface area contributed by atoms with E-state index in [2.05, 4.69) is 10.4 Å². The molecular weight excluding hydrogens is 352 g/mol. The molecule has 2 aromatic rings. The summed E-state index contributed by atoms with van der Waals surface area (Å²) in [5.74, 6) is 1.11. The van der Waals surface area contributed by atoms with Crippen LogP contribution in [0.5, 0.6) is 0 Å². The average molecular weight is 377 g/mol. The second-order valence-corrected chi connectivity index (χ2v) is 7.17. The van der Waals surface area contributed by atoms with E-state index in [0.29, 0.717) is 29.9 Å². The quantitative estimate of drug-likeness (QED) is 0.863. The number of amides is 2. The first kappa shape index (κ1) is 18.7. The van der Waals surface area contributed by atoms with Crippen LogP contribution in [0.25, 0.3) is 0 Å². The summed E-state index contributed by atoms with van der Waals surface area (Å²) in [7, 11) is 1.70. The normalized spacial score (nSPS) is 17.3. The van der Waals surface area contributed by atoms with Gasteiger partial charge in [0.15, 0.2) is 0 Å². The number of rotatable bonds is 5. The van der Waals surface area contributed by atoms with Crippen molar-refractivity contribution in [1.82, 2.24) is 14.7 Å². The Balaban J connectivity index is 1.71. The number of carbonyl (C=O) groups is 1. The van der Waals surface area contributed by atoms with Gasteiger partial charge in [-0.15, -0.1) is 0 Å². The Labute approximate surface area is 159 Å². The standard InChI is InChI=1S/C19H25ClN4O2/c1-14-10-21-24(12-16-7-3-4-8-17(16)20)18(14)22-19(25)23-9-5-6-15(11-23)13-26-2/h3-4,7-8,10,15H,5-6,9,11-13H2,1-2H3,(H,22,25). The number of likely N-dealkylation sites (tertiary alicyclic amines) is 1. The molecule has 3 rings (SSSR count). The highest BCUT2D eigenvalue weighted by molar-refractivity contribution is 6.31. The van der Waals surface area contributed by atoms with Gasteiger partial charge in [0.1, 0.15) is 5.82 Å². The van der Waals surface area contributed by atoms with Crippen LogP contribution >= 0.6 is 11.6 Å². The number of anilines is 1. The van der Waals surface area contributed by atoms with Crippen LogP contribution in [0.1, 0.15) is 24.0 Å². The van der Waals surface area contributed by atoms with Gasteiger partial charge in [-0.25, -0.2) is 9.48 Å². The maximum Gasteiger partial charge on any atom is 0.323 e. The summed E-state index contributed by atoms with van der Waals surface area (Å²) in [6.07, 6.45) is 3.86. The zero-order chi connectivity index (χ0) is 18.5. The third kappa shape index (κ3) is 4.37. The average Bonchev–Trinajstić information content (AvgIpc) is 2.97. The smallest absolute Gasteiger partial charge is 0.323 e. The van der Waals surface area contributed by atoms with Gasteiger partial charge in [0, 0.05) is 36.7 Å². The lowest BCUT2D eigenvalue weighted by Crippen LogP contribution is -2.43. The Morgan fingerprint density at radius 2 is 2.23 bits per heavy atom. The number of carbonyl (C=O) groups excluding carboxylic acids is 1. The molecule has 6 nitrogen and oxygen atoms in total. The molecule has 1 N–H and O–H groups in total. The van der Waals surface area contributed by atoms with Crippen LogP contribution in [0.4, 0.5) is 10.6 Å². The van der Waals surface area contributed by atoms with Crippen molar-refractivity contribution in [1.29, 1.82) is 0 Å². The lowest BCUT2D eigenvalue weighted by Gasteiger charge is -2.32. The third-order valence-electron chi connectivity index (χ3n) is 4.73. The summed E-state index contributed by atoms with van der Waals surface area (Å²) >= 11 is 6.26. The monoisotopic (exact) mass is 376 g/mol. The third-order valence-corrected chi connectivity index (χ3v) is 5.10. The number of benzene rings is 1. The van der Waals surface area contributed by atoms with Crippen molar-refractivity contribution < 1.29 is 9.53 Å². The highest BCUT2D eigenvalue weighted by Gasteiger charge is 2.24. The Morgan fingerprint density at radius 3 is 3.00 bits per heavy atom. The molecular formula is C19H25ClN4O2. The predicted octanol–water partition coefficient (Wildman–Crippen LogP) is 3.78. The second kappa shape index (κ2) is 8.56. The highest BCUT2D eigenvalue weighted by Crippen LogP contribution is 2.22. The summed E-state index contributed by atoms with van der Waals surface area (Å²) in [4.78, 5) is 14.6. The molecule has 1 saturated heterocycles. The van der Waals surface area contributed by atoms with E-state index in [1.54, 1.807) is 18.0 Å². The van der Waals surface area contributed by atoms with E-state index in [0.717, 1.165) is 37.1 Å².